The lowest BCUT2D eigenvalue weighted by Gasteiger charge is -2.14. The number of hydrogen-bond donors (Lipinski definition) is 1. The third kappa shape index (κ3) is 2.11. The molecule has 3 nitrogen and oxygen atoms in total. The van der Waals surface area contributed by atoms with E-state index in [0.29, 0.717) is 0 Å². The van der Waals surface area contributed by atoms with Gasteiger partial charge in [0.1, 0.15) is 0 Å². The second-order valence-corrected chi connectivity index (χ2v) is 3.49. The van der Waals surface area contributed by atoms with E-state index in [1.807, 2.05) is 24.3 Å². The molecule has 1 saturated heterocycles. The Labute approximate surface area is 83.9 Å². The summed E-state index contributed by atoms with van der Waals surface area (Å²) in [5, 5.41) is 10.8. The van der Waals surface area contributed by atoms with E-state index in [0.717, 1.165) is 25.2 Å². The maximum Gasteiger partial charge on any atom is 0.0991 e. The highest BCUT2D eigenvalue weighted by atomic mass is 15.5. The van der Waals surface area contributed by atoms with Crippen LogP contribution in [0.4, 0.5) is 0 Å². The maximum absolute atomic E-state index is 8.64. The molecule has 3 heteroatoms. The summed E-state index contributed by atoms with van der Waals surface area (Å²) < 4.78 is 0. The smallest absolute Gasteiger partial charge is 0.0991 e. The highest BCUT2D eigenvalue weighted by Gasteiger charge is 2.10. The van der Waals surface area contributed by atoms with Gasteiger partial charge in [-0.2, -0.15) is 5.26 Å². The standard InChI is InChI=1S/C11H13N3/c12-8-10-2-4-11(5-3-10)9-14-7-1-6-13-14/h2-5,13H,1,6-7,9H2. The highest BCUT2D eigenvalue weighted by molar-refractivity contribution is 5.31. The zero-order chi connectivity index (χ0) is 9.80. The lowest BCUT2D eigenvalue weighted by Crippen LogP contribution is -2.29. The fraction of sp³-hybridized carbons (Fsp3) is 0.364. The Morgan fingerprint density at radius 3 is 2.71 bits per heavy atom. The first kappa shape index (κ1) is 9.20. The molecule has 0 saturated carbocycles. The van der Waals surface area contributed by atoms with Gasteiger partial charge >= 0.3 is 0 Å². The molecule has 0 radical (unpaired) electrons. The van der Waals surface area contributed by atoms with Crippen LogP contribution in [0.3, 0.4) is 0 Å². The Morgan fingerprint density at radius 1 is 1.36 bits per heavy atom. The maximum atomic E-state index is 8.64. The zero-order valence-electron chi connectivity index (χ0n) is 8.03. The van der Waals surface area contributed by atoms with Crippen LogP contribution in [0.5, 0.6) is 0 Å². The van der Waals surface area contributed by atoms with Crippen molar-refractivity contribution in [1.82, 2.24) is 10.4 Å². The minimum Gasteiger partial charge on any atom is -0.255 e. The molecule has 1 N–H and O–H groups in total. The van der Waals surface area contributed by atoms with Crippen LogP contribution < -0.4 is 5.43 Å². The van der Waals surface area contributed by atoms with Gasteiger partial charge in [0.05, 0.1) is 11.6 Å². The molecule has 0 spiro atoms. The Balaban J connectivity index is 1.99. The Kier molecular flexibility index (Phi) is 2.78. The lowest BCUT2D eigenvalue weighted by atomic mass is 10.1. The van der Waals surface area contributed by atoms with Gasteiger partial charge < -0.3 is 0 Å². The summed E-state index contributed by atoms with van der Waals surface area (Å²) in [6.07, 6.45) is 1.22. The first-order valence-corrected chi connectivity index (χ1v) is 4.86. The molecule has 0 atom stereocenters. The summed E-state index contributed by atoms with van der Waals surface area (Å²) in [7, 11) is 0. The van der Waals surface area contributed by atoms with E-state index < -0.39 is 0 Å². The molecular formula is C11H13N3. The van der Waals surface area contributed by atoms with Gasteiger partial charge in [-0.05, 0) is 24.1 Å². The second-order valence-electron chi connectivity index (χ2n) is 3.49. The van der Waals surface area contributed by atoms with Crippen molar-refractivity contribution in [3.05, 3.63) is 35.4 Å². The predicted octanol–water partition coefficient (Wildman–Crippen LogP) is 1.27. The molecule has 1 aliphatic rings. The lowest BCUT2D eigenvalue weighted by molar-refractivity contribution is 0.244. The SMILES string of the molecule is N#Cc1ccc(CN2CCCN2)cc1. The topological polar surface area (TPSA) is 39.1 Å². The molecule has 0 unspecified atom stereocenters. The van der Waals surface area contributed by atoms with Crippen molar-refractivity contribution in [2.45, 2.75) is 13.0 Å². The fourth-order valence-electron chi connectivity index (χ4n) is 1.63. The second kappa shape index (κ2) is 4.23. The number of benzene rings is 1. The van der Waals surface area contributed by atoms with Crippen LogP contribution >= 0.6 is 0 Å². The van der Waals surface area contributed by atoms with Crippen LogP contribution in [-0.2, 0) is 6.54 Å². The van der Waals surface area contributed by atoms with Crippen LogP contribution in [0.2, 0.25) is 0 Å². The predicted molar refractivity (Wildman–Crippen MR) is 54.2 cm³/mol. The summed E-state index contributed by atoms with van der Waals surface area (Å²) in [6, 6.07) is 9.88. The van der Waals surface area contributed by atoms with Crippen LogP contribution in [0.15, 0.2) is 24.3 Å². The third-order valence-corrected chi connectivity index (χ3v) is 2.40. The molecule has 1 aromatic rings. The fourth-order valence-corrected chi connectivity index (χ4v) is 1.63. The van der Waals surface area contributed by atoms with Crippen LogP contribution in [0.25, 0.3) is 0 Å². The van der Waals surface area contributed by atoms with Gasteiger partial charge in [0, 0.05) is 19.6 Å². The minimum absolute atomic E-state index is 0.725. The number of rotatable bonds is 2. The molecule has 0 aromatic heterocycles. The Hall–Kier alpha value is -1.37. The van der Waals surface area contributed by atoms with Crippen molar-refractivity contribution in [2.75, 3.05) is 13.1 Å². The number of hydrazine groups is 1. The molecule has 14 heavy (non-hydrogen) atoms. The molecule has 1 fully saturated rings. The molecule has 1 aromatic carbocycles. The molecule has 2 rings (SSSR count). The normalized spacial score (nSPS) is 16.8. The molecular weight excluding hydrogens is 174 g/mol. The summed E-state index contributed by atoms with van der Waals surface area (Å²) in [5.74, 6) is 0. The Bertz CT molecular complexity index is 331. The summed E-state index contributed by atoms with van der Waals surface area (Å²) in [6.45, 7) is 3.11. The third-order valence-electron chi connectivity index (χ3n) is 2.40. The largest absolute Gasteiger partial charge is 0.255 e. The summed E-state index contributed by atoms with van der Waals surface area (Å²) in [5.41, 5.74) is 5.28. The highest BCUT2D eigenvalue weighted by Crippen LogP contribution is 2.07. The molecule has 1 aliphatic heterocycles. The van der Waals surface area contributed by atoms with Crippen molar-refractivity contribution in [3.63, 3.8) is 0 Å². The van der Waals surface area contributed by atoms with Crippen LogP contribution in [0.1, 0.15) is 17.5 Å². The molecule has 72 valence electrons. The van der Waals surface area contributed by atoms with Gasteiger partial charge in [0.15, 0.2) is 0 Å². The van der Waals surface area contributed by atoms with E-state index in [1.165, 1.54) is 12.0 Å². The summed E-state index contributed by atoms with van der Waals surface area (Å²) in [4.78, 5) is 0. The molecule has 0 bridgehead atoms. The Morgan fingerprint density at radius 2 is 2.14 bits per heavy atom. The minimum atomic E-state index is 0.725. The number of nitrogens with zero attached hydrogens (tertiary/aromatic N) is 2. The van der Waals surface area contributed by atoms with E-state index in [1.54, 1.807) is 0 Å². The molecule has 0 aliphatic carbocycles. The summed E-state index contributed by atoms with van der Waals surface area (Å²) >= 11 is 0. The van der Waals surface area contributed by atoms with Crippen molar-refractivity contribution in [2.24, 2.45) is 0 Å². The van der Waals surface area contributed by atoms with Gasteiger partial charge in [0.25, 0.3) is 0 Å². The van der Waals surface area contributed by atoms with E-state index in [2.05, 4.69) is 16.5 Å². The van der Waals surface area contributed by atoms with E-state index >= 15 is 0 Å². The first-order valence-electron chi connectivity index (χ1n) is 4.86. The number of nitrogens with one attached hydrogen (secondary N) is 1. The van der Waals surface area contributed by atoms with Gasteiger partial charge in [-0.1, -0.05) is 12.1 Å². The van der Waals surface area contributed by atoms with Gasteiger partial charge in [-0.25, -0.2) is 5.01 Å². The van der Waals surface area contributed by atoms with Crippen molar-refractivity contribution in [3.8, 4) is 6.07 Å². The molecule has 1 heterocycles. The van der Waals surface area contributed by atoms with E-state index in [-0.39, 0.29) is 0 Å². The van der Waals surface area contributed by atoms with Gasteiger partial charge in [-0.3, -0.25) is 5.43 Å². The van der Waals surface area contributed by atoms with Gasteiger partial charge in [0.2, 0.25) is 0 Å². The van der Waals surface area contributed by atoms with E-state index in [4.69, 9.17) is 5.26 Å². The first-order chi connectivity index (χ1) is 6.88. The average Bonchev–Trinajstić information content (AvgIpc) is 2.72. The number of hydrogen-bond acceptors (Lipinski definition) is 3. The zero-order valence-corrected chi connectivity index (χ0v) is 8.03. The molecule has 0 amide bonds. The monoisotopic (exact) mass is 187 g/mol. The van der Waals surface area contributed by atoms with Gasteiger partial charge in [-0.15, -0.1) is 0 Å². The number of nitriles is 1. The van der Waals surface area contributed by atoms with E-state index in [9.17, 15) is 0 Å². The van der Waals surface area contributed by atoms with Crippen LogP contribution in [-0.4, -0.2) is 18.1 Å². The van der Waals surface area contributed by atoms with Crippen LogP contribution in [0, 0.1) is 11.3 Å². The quantitative estimate of drug-likeness (QED) is 0.757. The average molecular weight is 187 g/mol. The van der Waals surface area contributed by atoms with Crippen molar-refractivity contribution < 1.29 is 0 Å². The van der Waals surface area contributed by atoms with Crippen molar-refractivity contribution >= 4 is 0 Å². The van der Waals surface area contributed by atoms with Crippen molar-refractivity contribution in [1.29, 1.82) is 5.26 Å².